The van der Waals surface area contributed by atoms with Crippen LogP contribution in [0.3, 0.4) is 0 Å². The van der Waals surface area contributed by atoms with Crippen LogP contribution < -0.4 is 10.1 Å². The fourth-order valence-electron chi connectivity index (χ4n) is 2.16. The molecule has 24 heavy (non-hydrogen) atoms. The van der Waals surface area contributed by atoms with Gasteiger partial charge in [0.1, 0.15) is 11.3 Å². The molecule has 3 rings (SSSR count). The maximum atomic E-state index is 12.2. The van der Waals surface area contributed by atoms with Crippen molar-refractivity contribution in [3.8, 4) is 5.88 Å². The molecule has 0 bridgehead atoms. The summed E-state index contributed by atoms with van der Waals surface area (Å²) in [7, 11) is 0. The van der Waals surface area contributed by atoms with Gasteiger partial charge in [-0.05, 0) is 25.1 Å². The van der Waals surface area contributed by atoms with Crippen LogP contribution in [-0.2, 0) is 0 Å². The Labute approximate surface area is 136 Å². The summed E-state index contributed by atoms with van der Waals surface area (Å²) >= 11 is 0. The number of pyridine rings is 2. The van der Waals surface area contributed by atoms with E-state index in [4.69, 9.17) is 4.74 Å². The van der Waals surface area contributed by atoms with Crippen LogP contribution in [-0.4, -0.2) is 33.3 Å². The van der Waals surface area contributed by atoms with Gasteiger partial charge in [-0.25, -0.2) is 18.7 Å². The van der Waals surface area contributed by atoms with E-state index in [9.17, 15) is 13.6 Å². The predicted octanol–water partition coefficient (Wildman–Crippen LogP) is 2.93. The van der Waals surface area contributed by atoms with Gasteiger partial charge in [-0.2, -0.15) is 0 Å². The Bertz CT molecular complexity index is 879. The third-order valence-electron chi connectivity index (χ3n) is 3.14. The fourth-order valence-corrected chi connectivity index (χ4v) is 2.16. The van der Waals surface area contributed by atoms with Crippen molar-refractivity contribution >= 4 is 17.2 Å². The lowest BCUT2D eigenvalue weighted by Gasteiger charge is -2.08. The second-order valence-corrected chi connectivity index (χ2v) is 5.08. The number of hydrogen-bond acceptors (Lipinski definition) is 4. The zero-order valence-corrected chi connectivity index (χ0v) is 12.7. The number of fused-ring (bicyclic) bond motifs is 1. The van der Waals surface area contributed by atoms with E-state index >= 15 is 0 Å². The van der Waals surface area contributed by atoms with Gasteiger partial charge in [0.05, 0.1) is 11.4 Å². The van der Waals surface area contributed by atoms with Crippen molar-refractivity contribution in [3.05, 3.63) is 54.1 Å². The summed E-state index contributed by atoms with van der Waals surface area (Å²) < 4.78 is 30.9. The van der Waals surface area contributed by atoms with Gasteiger partial charge >= 0.3 is 0 Å². The Hall–Kier alpha value is -3.03. The van der Waals surface area contributed by atoms with Gasteiger partial charge in [0.25, 0.3) is 12.3 Å². The second kappa shape index (κ2) is 6.61. The van der Waals surface area contributed by atoms with E-state index in [1.54, 1.807) is 22.7 Å². The summed E-state index contributed by atoms with van der Waals surface area (Å²) in [5.74, 6) is -0.489. The number of alkyl halides is 2. The quantitative estimate of drug-likeness (QED) is 0.780. The van der Waals surface area contributed by atoms with Gasteiger partial charge in [-0.1, -0.05) is 6.07 Å². The van der Waals surface area contributed by atoms with E-state index < -0.39 is 18.9 Å². The van der Waals surface area contributed by atoms with Crippen molar-refractivity contribution < 1.29 is 18.3 Å². The van der Waals surface area contributed by atoms with Crippen LogP contribution in [0.5, 0.6) is 5.88 Å². The molecule has 0 spiro atoms. The molecular formula is C16H14F2N4O2. The molecular weight excluding hydrogens is 318 g/mol. The average molecular weight is 332 g/mol. The monoisotopic (exact) mass is 332 g/mol. The lowest BCUT2D eigenvalue weighted by Crippen LogP contribution is -2.15. The first-order valence-electron chi connectivity index (χ1n) is 7.16. The van der Waals surface area contributed by atoms with E-state index in [1.165, 1.54) is 18.2 Å². The zero-order chi connectivity index (χ0) is 17.1. The third-order valence-corrected chi connectivity index (χ3v) is 3.14. The van der Waals surface area contributed by atoms with Crippen LogP contribution in [0, 0.1) is 6.92 Å². The molecule has 8 heteroatoms. The topological polar surface area (TPSA) is 68.5 Å². The highest BCUT2D eigenvalue weighted by Gasteiger charge is 2.11. The number of carbonyl (C=O) groups excluding carboxylic acids is 1. The van der Waals surface area contributed by atoms with Crippen LogP contribution in [0.2, 0.25) is 0 Å². The van der Waals surface area contributed by atoms with E-state index in [2.05, 4.69) is 15.3 Å². The maximum absolute atomic E-state index is 12.2. The largest absolute Gasteiger partial charge is 0.472 e. The number of rotatable bonds is 5. The Balaban J connectivity index is 1.74. The molecule has 124 valence electrons. The smallest absolute Gasteiger partial charge is 0.274 e. The number of imidazole rings is 1. The maximum Gasteiger partial charge on any atom is 0.274 e. The lowest BCUT2D eigenvalue weighted by molar-refractivity contribution is 0.0794. The van der Waals surface area contributed by atoms with Crippen molar-refractivity contribution in [1.82, 2.24) is 14.4 Å². The Morgan fingerprint density at radius 3 is 2.88 bits per heavy atom. The number of nitrogens with zero attached hydrogens (tertiary/aromatic N) is 3. The molecule has 0 aliphatic carbocycles. The number of amides is 1. The summed E-state index contributed by atoms with van der Waals surface area (Å²) in [5, 5.41) is 2.70. The van der Waals surface area contributed by atoms with Crippen LogP contribution >= 0.6 is 0 Å². The van der Waals surface area contributed by atoms with Gasteiger partial charge in [0.2, 0.25) is 5.88 Å². The minimum absolute atomic E-state index is 0.0244. The average Bonchev–Trinajstić information content (AvgIpc) is 2.92. The molecule has 0 radical (unpaired) electrons. The van der Waals surface area contributed by atoms with E-state index in [0.717, 1.165) is 11.3 Å². The number of carbonyl (C=O) groups is 1. The molecule has 0 unspecified atom stereocenters. The number of hydrogen-bond donors (Lipinski definition) is 1. The molecule has 1 amide bonds. The van der Waals surface area contributed by atoms with Crippen molar-refractivity contribution in [3.63, 3.8) is 0 Å². The van der Waals surface area contributed by atoms with Crippen LogP contribution in [0.4, 0.5) is 14.5 Å². The van der Waals surface area contributed by atoms with Gasteiger partial charge < -0.3 is 14.5 Å². The molecule has 3 heterocycles. The summed E-state index contributed by atoms with van der Waals surface area (Å²) in [5.41, 5.74) is 2.27. The van der Waals surface area contributed by atoms with Crippen LogP contribution in [0.1, 0.15) is 16.2 Å². The molecule has 0 aromatic carbocycles. The minimum atomic E-state index is -2.60. The highest BCUT2D eigenvalue weighted by molar-refractivity contribution is 6.02. The normalized spacial score (nSPS) is 11.0. The number of nitrogens with one attached hydrogen (secondary N) is 1. The van der Waals surface area contributed by atoms with Gasteiger partial charge in [-0.3, -0.25) is 4.79 Å². The van der Waals surface area contributed by atoms with Crippen molar-refractivity contribution in [2.45, 2.75) is 13.3 Å². The van der Waals surface area contributed by atoms with E-state index in [0.29, 0.717) is 5.69 Å². The second-order valence-electron chi connectivity index (χ2n) is 5.08. The lowest BCUT2D eigenvalue weighted by atomic mass is 10.3. The standard InChI is InChI=1S/C16H14F2N4O2/c1-10-7-22-8-11(5-6-14(22)19-10)20-16(23)12-3-2-4-15(21-12)24-9-13(17)18/h2-8,13H,9H2,1H3,(H,20,23). The first-order chi connectivity index (χ1) is 11.5. The van der Waals surface area contributed by atoms with Crippen LogP contribution in [0.25, 0.3) is 5.65 Å². The summed E-state index contributed by atoms with van der Waals surface area (Å²) in [6.07, 6.45) is 0.960. The Morgan fingerprint density at radius 2 is 2.08 bits per heavy atom. The SMILES string of the molecule is Cc1cn2cc(NC(=O)c3cccc(OCC(F)F)n3)ccc2n1. The van der Waals surface area contributed by atoms with E-state index in [1.807, 2.05) is 13.1 Å². The first kappa shape index (κ1) is 15.9. The fraction of sp³-hybridized carbons (Fsp3) is 0.188. The molecule has 3 aromatic rings. The van der Waals surface area contributed by atoms with E-state index in [-0.39, 0.29) is 11.6 Å². The minimum Gasteiger partial charge on any atom is -0.472 e. The van der Waals surface area contributed by atoms with Gasteiger partial charge in [0, 0.05) is 18.5 Å². The number of aromatic nitrogens is 3. The summed E-state index contributed by atoms with van der Waals surface area (Å²) in [6, 6.07) is 7.91. The molecule has 0 saturated carbocycles. The number of ether oxygens (including phenoxy) is 1. The van der Waals surface area contributed by atoms with Crippen molar-refractivity contribution in [2.75, 3.05) is 11.9 Å². The highest BCUT2D eigenvalue weighted by Crippen LogP contribution is 2.14. The van der Waals surface area contributed by atoms with Gasteiger partial charge in [0.15, 0.2) is 6.61 Å². The van der Waals surface area contributed by atoms with Gasteiger partial charge in [-0.15, -0.1) is 0 Å². The zero-order valence-electron chi connectivity index (χ0n) is 12.7. The van der Waals surface area contributed by atoms with Crippen molar-refractivity contribution in [2.24, 2.45) is 0 Å². The summed E-state index contributed by atoms with van der Waals surface area (Å²) in [4.78, 5) is 20.5. The number of aryl methyl sites for hydroxylation is 1. The molecule has 3 aromatic heterocycles. The number of halogens is 2. The Kier molecular flexibility index (Phi) is 4.37. The molecule has 0 fully saturated rings. The van der Waals surface area contributed by atoms with Crippen LogP contribution in [0.15, 0.2) is 42.7 Å². The molecule has 0 saturated heterocycles. The Morgan fingerprint density at radius 1 is 1.25 bits per heavy atom. The molecule has 0 aliphatic heterocycles. The molecule has 1 N–H and O–H groups in total. The molecule has 0 atom stereocenters. The highest BCUT2D eigenvalue weighted by atomic mass is 19.3. The third kappa shape index (κ3) is 3.65. The number of anilines is 1. The first-order valence-corrected chi connectivity index (χ1v) is 7.16. The van der Waals surface area contributed by atoms with Crippen molar-refractivity contribution in [1.29, 1.82) is 0 Å². The summed E-state index contributed by atoms with van der Waals surface area (Å²) in [6.45, 7) is 1.11. The predicted molar refractivity (Wildman–Crippen MR) is 83.6 cm³/mol. The molecule has 6 nitrogen and oxygen atoms in total. The molecule has 0 aliphatic rings.